The van der Waals surface area contributed by atoms with Gasteiger partial charge in [-0.05, 0) is 75.9 Å². The molecule has 2 N–H and O–H groups in total. The van der Waals surface area contributed by atoms with Gasteiger partial charge in [-0.2, -0.15) is 16.8 Å². The maximum absolute atomic E-state index is 11.7. The van der Waals surface area contributed by atoms with E-state index in [1.54, 1.807) is 0 Å². The van der Waals surface area contributed by atoms with Crippen LogP contribution in [-0.4, -0.2) is 72.8 Å². The molecule has 4 aliphatic rings. The minimum Gasteiger partial charge on any atom is -0.455 e. The third-order valence-corrected chi connectivity index (χ3v) is 13.3. The van der Waals surface area contributed by atoms with Crippen LogP contribution in [0.5, 0.6) is 0 Å². The number of epoxide rings is 1. The third kappa shape index (κ3) is 8.64. The summed E-state index contributed by atoms with van der Waals surface area (Å²) in [6.07, 6.45) is 7.40. The summed E-state index contributed by atoms with van der Waals surface area (Å²) in [5, 5.41) is 1.47. The van der Waals surface area contributed by atoms with Gasteiger partial charge in [-0.25, -0.2) is 4.79 Å². The normalized spacial score (nSPS) is 23.5. The van der Waals surface area contributed by atoms with E-state index >= 15 is 0 Å². The van der Waals surface area contributed by atoms with Gasteiger partial charge in [0.2, 0.25) is 0 Å². The Morgan fingerprint density at radius 3 is 2.11 bits per heavy atom. The van der Waals surface area contributed by atoms with Gasteiger partial charge < -0.3 is 18.9 Å². The average molecular weight is 813 g/mol. The molecular formula is C44H48N2O9S2. The van der Waals surface area contributed by atoms with Gasteiger partial charge in [0.15, 0.2) is 0 Å². The second-order valence-electron chi connectivity index (χ2n) is 15.5. The first-order valence-electron chi connectivity index (χ1n) is 19.1. The van der Waals surface area contributed by atoms with Crippen molar-refractivity contribution < 1.29 is 40.2 Å². The summed E-state index contributed by atoms with van der Waals surface area (Å²) >= 11 is 0. The van der Waals surface area contributed by atoms with Crippen LogP contribution in [-0.2, 0) is 54.0 Å². The highest BCUT2D eigenvalue weighted by atomic mass is 32.2. The second kappa shape index (κ2) is 16.0. The standard InChI is InChI=1S/C19H20N2.C15H20O3.C10H8O6S2/c1-20-12-11-19-17(14-20)16-9-5-6-10-18(16)21(19)13-15-7-3-2-4-8-15;1-9-5-4-8-15(3)13(18-15)12-11(7-6-9)10(2)14(16)17-12;11-17(12,13)9-5-1-3-7-8(9)4-2-6-10(7)18(14,15)16/h2-10H,11-14H2,1H3;5,11-13H,2,4,6-8H2,1,3H3;1-6H,(H,11,12,13)(H,14,15,16). The van der Waals surface area contributed by atoms with E-state index in [1.165, 1.54) is 57.6 Å². The number of hydrogen-bond donors (Lipinski definition) is 2. The van der Waals surface area contributed by atoms with E-state index in [1.807, 2.05) is 0 Å². The average Bonchev–Trinajstić information content (AvgIpc) is 3.64. The van der Waals surface area contributed by atoms with Crippen LogP contribution in [0.25, 0.3) is 21.7 Å². The van der Waals surface area contributed by atoms with E-state index in [4.69, 9.17) is 18.6 Å². The number of esters is 1. The predicted octanol–water partition coefficient (Wildman–Crippen LogP) is 7.77. The first-order valence-corrected chi connectivity index (χ1v) is 21.9. The number of nitrogens with zero attached hydrogens (tertiary/aromatic N) is 2. The van der Waals surface area contributed by atoms with Crippen molar-refractivity contribution in [1.29, 1.82) is 0 Å². The van der Waals surface area contributed by atoms with Crippen LogP contribution in [0.15, 0.2) is 125 Å². The quantitative estimate of drug-likeness (QED) is 0.0605. The molecule has 0 saturated carbocycles. The fourth-order valence-corrected chi connectivity index (χ4v) is 9.80. The molecule has 0 bridgehead atoms. The van der Waals surface area contributed by atoms with Crippen LogP contribution < -0.4 is 0 Å². The SMILES string of the molecule is C=C1C(=O)OC2C1CCC(C)=CCCC1(C)OC21.CN1CCc2c(c3ccccc3n2Cc2ccccc2)C1.O=S(=O)(O)c1cccc2c(S(=O)(=O)O)cccc12. The minimum atomic E-state index is -4.47. The van der Waals surface area contributed by atoms with Gasteiger partial charge in [-0.3, -0.25) is 9.11 Å². The number of carbonyl (C=O) groups is 1. The summed E-state index contributed by atoms with van der Waals surface area (Å²) < 4.78 is 76.5. The number of aromatic nitrogens is 1. The van der Waals surface area contributed by atoms with Crippen molar-refractivity contribution in [3.63, 3.8) is 0 Å². The van der Waals surface area contributed by atoms with Crippen LogP contribution in [0.1, 0.15) is 56.4 Å². The molecule has 4 atom stereocenters. The first-order chi connectivity index (χ1) is 27.0. The molecule has 57 heavy (non-hydrogen) atoms. The van der Waals surface area contributed by atoms with Gasteiger partial charge in [0.05, 0.1) is 5.60 Å². The fourth-order valence-electron chi connectivity index (χ4n) is 8.39. The monoisotopic (exact) mass is 812 g/mol. The largest absolute Gasteiger partial charge is 0.455 e. The van der Waals surface area contributed by atoms with E-state index < -0.39 is 30.0 Å². The Morgan fingerprint density at radius 1 is 0.842 bits per heavy atom. The highest BCUT2D eigenvalue weighted by Crippen LogP contribution is 2.49. The Hall–Kier alpha value is -4.63. The van der Waals surface area contributed by atoms with Crippen molar-refractivity contribution in [2.45, 2.75) is 86.6 Å². The zero-order valence-corrected chi connectivity index (χ0v) is 33.9. The molecule has 300 valence electrons. The van der Waals surface area contributed by atoms with E-state index in [0.717, 1.165) is 63.9 Å². The van der Waals surface area contributed by atoms with Gasteiger partial charge in [-0.1, -0.05) is 91.0 Å². The summed E-state index contributed by atoms with van der Waals surface area (Å²) in [6.45, 7) is 11.4. The lowest BCUT2D eigenvalue weighted by molar-refractivity contribution is -0.140. The van der Waals surface area contributed by atoms with Crippen LogP contribution >= 0.6 is 0 Å². The molecule has 11 nitrogen and oxygen atoms in total. The molecule has 5 aromatic rings. The Morgan fingerprint density at radius 2 is 1.46 bits per heavy atom. The van der Waals surface area contributed by atoms with E-state index in [2.05, 4.69) is 97.6 Å². The molecule has 1 aromatic heterocycles. The molecule has 9 rings (SSSR count). The van der Waals surface area contributed by atoms with Crippen molar-refractivity contribution in [3.05, 3.63) is 132 Å². The van der Waals surface area contributed by atoms with Crippen molar-refractivity contribution in [2.24, 2.45) is 5.92 Å². The van der Waals surface area contributed by atoms with Crippen molar-refractivity contribution in [1.82, 2.24) is 9.47 Å². The second-order valence-corrected chi connectivity index (χ2v) is 18.3. The molecule has 0 radical (unpaired) electrons. The molecule has 4 aromatic carbocycles. The van der Waals surface area contributed by atoms with Crippen LogP contribution in [0, 0.1) is 5.92 Å². The van der Waals surface area contributed by atoms with Crippen LogP contribution in [0.4, 0.5) is 0 Å². The number of fused-ring (bicyclic) bond motifs is 7. The number of rotatable bonds is 4. The predicted molar refractivity (Wildman–Crippen MR) is 219 cm³/mol. The Labute approximate surface area is 334 Å². The summed E-state index contributed by atoms with van der Waals surface area (Å²) in [5.74, 6) is -0.102. The molecule has 2 saturated heterocycles. The first kappa shape index (κ1) is 40.6. The highest BCUT2D eigenvalue weighted by molar-refractivity contribution is 7.86. The number of likely N-dealkylation sites (N-methyl/N-ethyl adjacent to an activating group) is 1. The number of ether oxygens (including phenoxy) is 2. The Bertz CT molecular complexity index is 2530. The fraction of sp³-hybridized carbons (Fsp3) is 0.341. The zero-order chi connectivity index (χ0) is 40.7. The van der Waals surface area contributed by atoms with Crippen LogP contribution in [0.3, 0.4) is 0 Å². The summed E-state index contributed by atoms with van der Waals surface area (Å²) in [5.41, 5.74) is 7.71. The number of allylic oxidation sites excluding steroid dienone is 2. The lowest BCUT2D eigenvalue weighted by atomic mass is 9.84. The Balaban J connectivity index is 0.000000131. The number of carbonyl (C=O) groups excluding carboxylic acids is 1. The minimum absolute atomic E-state index is 0.0233. The molecule has 4 heterocycles. The smallest absolute Gasteiger partial charge is 0.334 e. The van der Waals surface area contributed by atoms with Gasteiger partial charge in [0, 0.05) is 64.9 Å². The van der Waals surface area contributed by atoms with Gasteiger partial charge in [-0.15, -0.1) is 0 Å². The highest BCUT2D eigenvalue weighted by Gasteiger charge is 2.61. The molecule has 2 fully saturated rings. The maximum Gasteiger partial charge on any atom is 0.334 e. The van der Waals surface area contributed by atoms with Crippen molar-refractivity contribution in [2.75, 3.05) is 13.6 Å². The molecule has 0 spiro atoms. The Kier molecular flexibility index (Phi) is 11.4. The van der Waals surface area contributed by atoms with Crippen molar-refractivity contribution >= 4 is 47.9 Å². The van der Waals surface area contributed by atoms with E-state index in [9.17, 15) is 21.6 Å². The van der Waals surface area contributed by atoms with Crippen LogP contribution in [0.2, 0.25) is 0 Å². The van der Waals surface area contributed by atoms with E-state index in [0.29, 0.717) is 5.57 Å². The maximum atomic E-state index is 11.7. The van der Waals surface area contributed by atoms with Gasteiger partial charge in [0.1, 0.15) is 22.0 Å². The zero-order valence-electron chi connectivity index (χ0n) is 32.3. The summed E-state index contributed by atoms with van der Waals surface area (Å²) in [6, 6.07) is 27.1. The summed E-state index contributed by atoms with van der Waals surface area (Å²) in [4.78, 5) is 13.3. The lowest BCUT2D eigenvalue weighted by Gasteiger charge is -2.24. The molecule has 1 aliphatic carbocycles. The van der Waals surface area contributed by atoms with E-state index in [-0.39, 0.29) is 40.5 Å². The topological polar surface area (TPSA) is 156 Å². The number of benzene rings is 4. The number of hydrogen-bond acceptors (Lipinski definition) is 8. The number of para-hydroxylation sites is 1. The van der Waals surface area contributed by atoms with Gasteiger partial charge >= 0.3 is 5.97 Å². The van der Waals surface area contributed by atoms with Gasteiger partial charge in [0.25, 0.3) is 20.2 Å². The lowest BCUT2D eigenvalue weighted by Crippen LogP contribution is -2.28. The molecule has 0 amide bonds. The summed E-state index contributed by atoms with van der Waals surface area (Å²) in [7, 11) is -6.72. The molecule has 13 heteroatoms. The molecular weight excluding hydrogens is 765 g/mol. The molecule has 4 unspecified atom stereocenters. The van der Waals surface area contributed by atoms with Crippen molar-refractivity contribution in [3.8, 4) is 0 Å². The molecule has 3 aliphatic heterocycles. The third-order valence-electron chi connectivity index (χ3n) is 11.5.